The highest BCUT2D eigenvalue weighted by Gasteiger charge is 2.57. The summed E-state index contributed by atoms with van der Waals surface area (Å²) in [7, 11) is 0. The van der Waals surface area contributed by atoms with Gasteiger partial charge in [0, 0.05) is 17.0 Å². The molecule has 5 nitrogen and oxygen atoms in total. The Morgan fingerprint density at radius 1 is 1.60 bits per heavy atom. The van der Waals surface area contributed by atoms with Crippen LogP contribution in [0.25, 0.3) is 0 Å². The number of benzene rings is 1. The minimum atomic E-state index is -1.15. The maximum Gasteiger partial charge on any atom is 0.410 e. The second-order valence-corrected chi connectivity index (χ2v) is 6.13. The van der Waals surface area contributed by atoms with Crippen molar-refractivity contribution in [2.75, 3.05) is 11.5 Å². The van der Waals surface area contributed by atoms with Gasteiger partial charge in [-0.25, -0.2) is 9.18 Å². The lowest BCUT2D eigenvalue weighted by Crippen LogP contribution is -2.28. The van der Waals surface area contributed by atoms with Crippen molar-refractivity contribution in [3.05, 3.63) is 29.6 Å². The van der Waals surface area contributed by atoms with Crippen LogP contribution in [-0.4, -0.2) is 22.1 Å². The number of nitrogens with two attached hydrogens (primary N) is 1. The fourth-order valence-electron chi connectivity index (χ4n) is 2.73. The van der Waals surface area contributed by atoms with Gasteiger partial charge in [-0.15, -0.1) is 0 Å². The second-order valence-electron chi connectivity index (χ2n) is 5.05. The van der Waals surface area contributed by atoms with Gasteiger partial charge in [0.2, 0.25) is 0 Å². The Kier molecular flexibility index (Phi) is 3.08. The summed E-state index contributed by atoms with van der Waals surface area (Å²) in [5.74, 6) is 0.682. The first-order chi connectivity index (χ1) is 9.51. The minimum absolute atomic E-state index is 0.249. The molecule has 7 heteroatoms. The van der Waals surface area contributed by atoms with Crippen molar-refractivity contribution in [3.63, 3.8) is 0 Å². The Balaban J connectivity index is 2.02. The van der Waals surface area contributed by atoms with Crippen molar-refractivity contribution in [1.29, 1.82) is 0 Å². The smallest absolute Gasteiger partial charge is 0.410 e. The Bertz CT molecular complexity index is 607. The number of halogens is 1. The van der Waals surface area contributed by atoms with Crippen molar-refractivity contribution >= 4 is 28.7 Å². The van der Waals surface area contributed by atoms with Crippen LogP contribution >= 0.6 is 11.8 Å². The van der Waals surface area contributed by atoms with Crippen molar-refractivity contribution in [2.24, 2.45) is 10.9 Å². The van der Waals surface area contributed by atoms with Gasteiger partial charge in [-0.2, -0.15) is 0 Å². The number of carboxylic acid groups (broad SMARTS) is 1. The molecule has 20 heavy (non-hydrogen) atoms. The number of nitrogens with one attached hydrogen (secondary N) is 1. The molecule has 1 aromatic rings. The molecule has 0 aromatic heterocycles. The fourth-order valence-corrected chi connectivity index (χ4v) is 3.71. The fraction of sp³-hybridized carbons (Fsp3) is 0.385. The first-order valence-corrected chi connectivity index (χ1v) is 7.28. The van der Waals surface area contributed by atoms with E-state index in [1.54, 1.807) is 6.07 Å². The van der Waals surface area contributed by atoms with E-state index in [0.29, 0.717) is 16.4 Å². The Labute approximate surface area is 119 Å². The zero-order valence-electron chi connectivity index (χ0n) is 10.6. The third-order valence-electron chi connectivity index (χ3n) is 3.75. The van der Waals surface area contributed by atoms with Gasteiger partial charge in [0.1, 0.15) is 5.82 Å². The van der Waals surface area contributed by atoms with Crippen molar-refractivity contribution in [1.82, 2.24) is 5.32 Å². The third-order valence-corrected chi connectivity index (χ3v) is 4.66. The molecule has 2 aliphatic rings. The molecule has 0 saturated heterocycles. The molecule has 1 aromatic carbocycles. The average molecular weight is 295 g/mol. The van der Waals surface area contributed by atoms with Gasteiger partial charge in [-0.1, -0.05) is 11.8 Å². The average Bonchev–Trinajstić information content (AvgIpc) is 3.06. The Morgan fingerprint density at radius 3 is 3.15 bits per heavy atom. The number of thioether (sulfide) groups is 1. The van der Waals surface area contributed by atoms with Crippen LogP contribution in [0.3, 0.4) is 0 Å². The number of aliphatic imine (C=N–C) groups is 1. The number of fused-ring (bicyclic) bond motifs is 1. The summed E-state index contributed by atoms with van der Waals surface area (Å²) in [4.78, 5) is 15.2. The van der Waals surface area contributed by atoms with E-state index in [0.717, 1.165) is 18.6 Å². The minimum Gasteiger partial charge on any atom is -0.465 e. The first kappa shape index (κ1) is 13.2. The van der Waals surface area contributed by atoms with Crippen LogP contribution in [-0.2, 0) is 5.54 Å². The van der Waals surface area contributed by atoms with E-state index in [4.69, 9.17) is 10.8 Å². The molecule has 1 aliphatic carbocycles. The summed E-state index contributed by atoms with van der Waals surface area (Å²) in [5, 5.41) is 11.4. The van der Waals surface area contributed by atoms with E-state index in [2.05, 4.69) is 10.3 Å². The molecule has 1 fully saturated rings. The number of rotatable bonds is 1. The highest BCUT2D eigenvalue weighted by atomic mass is 32.2. The third kappa shape index (κ3) is 2.22. The predicted molar refractivity (Wildman–Crippen MR) is 76.3 cm³/mol. The van der Waals surface area contributed by atoms with E-state index in [-0.39, 0.29) is 11.7 Å². The van der Waals surface area contributed by atoms with Gasteiger partial charge in [-0.05, 0) is 37.0 Å². The molecule has 4 N–H and O–H groups in total. The van der Waals surface area contributed by atoms with Gasteiger partial charge < -0.3 is 10.8 Å². The van der Waals surface area contributed by atoms with Crippen LogP contribution in [0.15, 0.2) is 23.2 Å². The summed E-state index contributed by atoms with van der Waals surface area (Å²) in [5.41, 5.74) is 6.04. The molecule has 0 bridgehead atoms. The van der Waals surface area contributed by atoms with Crippen LogP contribution < -0.4 is 11.1 Å². The van der Waals surface area contributed by atoms with Gasteiger partial charge in [0.15, 0.2) is 5.17 Å². The number of hydrogen-bond donors (Lipinski definition) is 3. The molecule has 1 heterocycles. The van der Waals surface area contributed by atoms with Gasteiger partial charge in [-0.3, -0.25) is 10.3 Å². The molecule has 2 unspecified atom stereocenters. The van der Waals surface area contributed by atoms with Crippen molar-refractivity contribution < 1.29 is 14.3 Å². The Morgan fingerprint density at radius 2 is 2.40 bits per heavy atom. The van der Waals surface area contributed by atoms with E-state index in [1.807, 2.05) is 0 Å². The summed E-state index contributed by atoms with van der Waals surface area (Å²) in [6.45, 7) is 0. The topological polar surface area (TPSA) is 87.7 Å². The number of anilines is 1. The molecular weight excluding hydrogens is 281 g/mol. The lowest BCUT2D eigenvalue weighted by molar-refractivity contribution is 0.200. The summed E-state index contributed by atoms with van der Waals surface area (Å²) in [6.07, 6.45) is 0.463. The molecule has 2 atom stereocenters. The molecule has 1 aliphatic heterocycles. The predicted octanol–water partition coefficient (Wildman–Crippen LogP) is 2.38. The van der Waals surface area contributed by atoms with E-state index in [1.165, 1.54) is 23.9 Å². The van der Waals surface area contributed by atoms with Crippen molar-refractivity contribution in [2.45, 2.75) is 18.4 Å². The van der Waals surface area contributed by atoms with Crippen LogP contribution in [0.2, 0.25) is 0 Å². The number of nitrogen functional groups attached to an aromatic ring is 1. The normalized spacial score (nSPS) is 28.1. The summed E-state index contributed by atoms with van der Waals surface area (Å²) < 4.78 is 14.1. The standard InChI is InChI=1S/C13H14FN3O2S/c14-10-2-1-8(15)5-9(10)13-6-7(13)3-4-20-11(17-13)16-12(18)19/h1-2,5,7H,3-4,6,15H2,(H,16,17)(H,18,19). The van der Waals surface area contributed by atoms with Crippen LogP contribution in [0, 0.1) is 11.7 Å². The van der Waals surface area contributed by atoms with Gasteiger partial charge in [0.25, 0.3) is 0 Å². The largest absolute Gasteiger partial charge is 0.465 e. The highest BCUT2D eigenvalue weighted by molar-refractivity contribution is 8.13. The second kappa shape index (κ2) is 4.66. The van der Waals surface area contributed by atoms with E-state index < -0.39 is 11.6 Å². The van der Waals surface area contributed by atoms with E-state index in [9.17, 15) is 9.18 Å². The molecular formula is C13H14FN3O2S. The zero-order valence-corrected chi connectivity index (χ0v) is 11.4. The number of carbonyl (C=O) groups is 1. The van der Waals surface area contributed by atoms with Crippen LogP contribution in [0.4, 0.5) is 14.9 Å². The number of amidine groups is 1. The molecule has 0 spiro atoms. The van der Waals surface area contributed by atoms with Gasteiger partial charge >= 0.3 is 6.09 Å². The molecule has 3 rings (SSSR count). The summed E-state index contributed by atoms with van der Waals surface area (Å²) >= 11 is 1.35. The molecule has 106 valence electrons. The highest BCUT2D eigenvalue weighted by Crippen LogP contribution is 2.59. The maximum absolute atomic E-state index is 14.1. The quantitative estimate of drug-likeness (QED) is 0.694. The van der Waals surface area contributed by atoms with E-state index >= 15 is 0 Å². The van der Waals surface area contributed by atoms with Crippen LogP contribution in [0.1, 0.15) is 18.4 Å². The number of amides is 1. The summed E-state index contributed by atoms with van der Waals surface area (Å²) in [6, 6.07) is 4.46. The first-order valence-electron chi connectivity index (χ1n) is 6.29. The molecule has 0 radical (unpaired) electrons. The van der Waals surface area contributed by atoms with Gasteiger partial charge in [0.05, 0.1) is 5.54 Å². The monoisotopic (exact) mass is 295 g/mol. The van der Waals surface area contributed by atoms with Crippen molar-refractivity contribution in [3.8, 4) is 0 Å². The van der Waals surface area contributed by atoms with Crippen LogP contribution in [0.5, 0.6) is 0 Å². The zero-order chi connectivity index (χ0) is 14.3. The Hall–Kier alpha value is -1.76. The number of nitrogens with zero attached hydrogens (tertiary/aromatic N) is 1. The lowest BCUT2D eigenvalue weighted by atomic mass is 10.0. The molecule has 1 amide bonds. The molecule has 1 saturated carbocycles. The number of hydrogen-bond acceptors (Lipinski definition) is 4. The SMILES string of the molecule is Nc1ccc(F)c(C23CC2CCSC(NC(=O)O)=N3)c1. The maximum atomic E-state index is 14.1. The lowest BCUT2D eigenvalue weighted by Gasteiger charge is -2.15.